The maximum atomic E-state index is 12.0. The van der Waals surface area contributed by atoms with Crippen LogP contribution in [0.4, 0.5) is 0 Å². The molecule has 18 heavy (non-hydrogen) atoms. The highest BCUT2D eigenvalue weighted by atomic mass is 16.1. The molecule has 1 amide bonds. The lowest BCUT2D eigenvalue weighted by molar-refractivity contribution is -0.122. The van der Waals surface area contributed by atoms with Crippen molar-refractivity contribution in [2.75, 3.05) is 6.54 Å². The molecule has 2 bridgehead atoms. The van der Waals surface area contributed by atoms with Crippen LogP contribution in [0.3, 0.4) is 0 Å². The third kappa shape index (κ3) is 3.71. The Hall–Kier alpha value is -0.570. The quantitative estimate of drug-likeness (QED) is 0.789. The molecule has 0 aliphatic carbocycles. The van der Waals surface area contributed by atoms with Crippen LogP contribution in [0, 0.1) is 11.3 Å². The lowest BCUT2D eigenvalue weighted by Gasteiger charge is -2.29. The van der Waals surface area contributed by atoms with Crippen LogP contribution in [0.15, 0.2) is 0 Å². The Morgan fingerprint density at radius 1 is 1.28 bits per heavy atom. The maximum absolute atomic E-state index is 12.0. The van der Waals surface area contributed by atoms with E-state index in [2.05, 4.69) is 31.4 Å². The normalized spacial score (nSPS) is 31.4. The van der Waals surface area contributed by atoms with Gasteiger partial charge in [-0.3, -0.25) is 4.79 Å². The molecule has 0 aromatic heterocycles. The van der Waals surface area contributed by atoms with E-state index in [1.54, 1.807) is 0 Å². The highest BCUT2D eigenvalue weighted by Gasteiger charge is 2.34. The Balaban J connectivity index is 1.71. The molecular formula is C15H28N2O. The predicted molar refractivity (Wildman–Crippen MR) is 74.4 cm³/mol. The summed E-state index contributed by atoms with van der Waals surface area (Å²) >= 11 is 0. The van der Waals surface area contributed by atoms with Gasteiger partial charge in [-0.05, 0) is 43.4 Å². The molecule has 2 fully saturated rings. The van der Waals surface area contributed by atoms with Gasteiger partial charge in [0.1, 0.15) is 0 Å². The number of hydrogen-bond acceptors (Lipinski definition) is 2. The van der Waals surface area contributed by atoms with E-state index in [1.165, 1.54) is 25.7 Å². The molecule has 3 nitrogen and oxygen atoms in total. The van der Waals surface area contributed by atoms with E-state index in [4.69, 9.17) is 0 Å². The number of hydrogen-bond donors (Lipinski definition) is 2. The fraction of sp³-hybridized carbons (Fsp3) is 0.933. The summed E-state index contributed by atoms with van der Waals surface area (Å²) in [5, 5.41) is 6.74. The first kappa shape index (κ1) is 13.9. The van der Waals surface area contributed by atoms with E-state index in [9.17, 15) is 4.79 Å². The highest BCUT2D eigenvalue weighted by molar-refractivity contribution is 5.76. The minimum absolute atomic E-state index is 0.225. The summed E-state index contributed by atoms with van der Waals surface area (Å²) in [4.78, 5) is 12.0. The van der Waals surface area contributed by atoms with Crippen LogP contribution in [-0.2, 0) is 4.79 Å². The monoisotopic (exact) mass is 252 g/mol. The summed E-state index contributed by atoms with van der Waals surface area (Å²) < 4.78 is 0. The molecule has 0 aromatic rings. The SMILES string of the molecule is CCC(C)(C)CNC(=O)CC1CC2CCC(C1)N2. The molecular weight excluding hydrogens is 224 g/mol. The lowest BCUT2D eigenvalue weighted by Crippen LogP contribution is -2.40. The third-order valence-electron chi connectivity index (χ3n) is 4.77. The molecule has 2 unspecified atom stereocenters. The second-order valence-electron chi connectivity index (χ2n) is 6.97. The number of fused-ring (bicyclic) bond motifs is 2. The van der Waals surface area contributed by atoms with Gasteiger partial charge in [0.15, 0.2) is 0 Å². The van der Waals surface area contributed by atoms with E-state index in [0.29, 0.717) is 18.0 Å². The molecule has 2 atom stereocenters. The number of amides is 1. The standard InChI is InChI=1S/C15H28N2O/c1-4-15(2,3)10-16-14(18)9-11-7-12-5-6-13(8-11)17-12/h11-13,17H,4-10H2,1-3H3,(H,16,18). The largest absolute Gasteiger partial charge is 0.356 e. The summed E-state index contributed by atoms with van der Waals surface area (Å²) in [5.41, 5.74) is 0.225. The number of piperidine rings is 1. The minimum Gasteiger partial charge on any atom is -0.356 e. The van der Waals surface area contributed by atoms with Gasteiger partial charge in [0.05, 0.1) is 0 Å². The molecule has 3 heteroatoms. The van der Waals surface area contributed by atoms with Gasteiger partial charge in [-0.1, -0.05) is 20.8 Å². The van der Waals surface area contributed by atoms with Crippen molar-refractivity contribution in [3.05, 3.63) is 0 Å². The smallest absolute Gasteiger partial charge is 0.220 e. The summed E-state index contributed by atoms with van der Waals surface area (Å²) in [6.07, 6.45) is 6.85. The van der Waals surface area contributed by atoms with Crippen molar-refractivity contribution in [3.8, 4) is 0 Å². The summed E-state index contributed by atoms with van der Waals surface area (Å²) in [6, 6.07) is 1.38. The minimum atomic E-state index is 0.225. The molecule has 0 aromatic carbocycles. The highest BCUT2D eigenvalue weighted by Crippen LogP contribution is 2.32. The zero-order valence-corrected chi connectivity index (χ0v) is 12.1. The molecule has 0 saturated carbocycles. The molecule has 0 spiro atoms. The molecule has 2 rings (SSSR count). The van der Waals surface area contributed by atoms with Crippen LogP contribution in [0.25, 0.3) is 0 Å². The van der Waals surface area contributed by atoms with Gasteiger partial charge in [-0.2, -0.15) is 0 Å². The van der Waals surface area contributed by atoms with Crippen LogP contribution in [0.1, 0.15) is 59.3 Å². The van der Waals surface area contributed by atoms with Gasteiger partial charge in [0, 0.05) is 25.0 Å². The fourth-order valence-electron chi connectivity index (χ4n) is 3.14. The van der Waals surface area contributed by atoms with E-state index < -0.39 is 0 Å². The topological polar surface area (TPSA) is 41.1 Å². The van der Waals surface area contributed by atoms with E-state index in [1.807, 2.05) is 0 Å². The van der Waals surface area contributed by atoms with Gasteiger partial charge in [-0.15, -0.1) is 0 Å². The van der Waals surface area contributed by atoms with Crippen molar-refractivity contribution in [2.45, 2.75) is 71.4 Å². The Bertz CT molecular complexity index is 289. The van der Waals surface area contributed by atoms with Gasteiger partial charge in [-0.25, -0.2) is 0 Å². The summed E-state index contributed by atoms with van der Waals surface area (Å²) in [5.74, 6) is 0.858. The van der Waals surface area contributed by atoms with Crippen molar-refractivity contribution in [1.29, 1.82) is 0 Å². The zero-order valence-electron chi connectivity index (χ0n) is 12.1. The van der Waals surface area contributed by atoms with Crippen LogP contribution in [0.5, 0.6) is 0 Å². The Morgan fingerprint density at radius 2 is 1.89 bits per heavy atom. The van der Waals surface area contributed by atoms with Crippen LogP contribution < -0.4 is 10.6 Å². The van der Waals surface area contributed by atoms with Crippen molar-refractivity contribution < 1.29 is 4.79 Å². The van der Waals surface area contributed by atoms with Gasteiger partial charge < -0.3 is 10.6 Å². The van der Waals surface area contributed by atoms with Crippen molar-refractivity contribution in [1.82, 2.24) is 10.6 Å². The van der Waals surface area contributed by atoms with E-state index in [0.717, 1.165) is 19.4 Å². The van der Waals surface area contributed by atoms with Crippen LogP contribution in [0.2, 0.25) is 0 Å². The zero-order chi connectivity index (χ0) is 13.2. The number of carbonyl (C=O) groups is 1. The third-order valence-corrected chi connectivity index (χ3v) is 4.77. The molecule has 2 aliphatic rings. The summed E-state index contributed by atoms with van der Waals surface area (Å²) in [7, 11) is 0. The van der Waals surface area contributed by atoms with Gasteiger partial charge in [0.2, 0.25) is 5.91 Å². The first-order valence-corrected chi connectivity index (χ1v) is 7.51. The Kier molecular flexibility index (Phi) is 4.31. The lowest BCUT2D eigenvalue weighted by atomic mass is 9.88. The second kappa shape index (κ2) is 5.60. The molecule has 2 saturated heterocycles. The van der Waals surface area contributed by atoms with Crippen LogP contribution >= 0.6 is 0 Å². The van der Waals surface area contributed by atoms with Crippen LogP contribution in [-0.4, -0.2) is 24.5 Å². The molecule has 0 radical (unpaired) electrons. The van der Waals surface area contributed by atoms with Gasteiger partial charge in [0.25, 0.3) is 0 Å². The van der Waals surface area contributed by atoms with E-state index >= 15 is 0 Å². The Morgan fingerprint density at radius 3 is 2.44 bits per heavy atom. The van der Waals surface area contributed by atoms with Crippen molar-refractivity contribution >= 4 is 5.91 Å². The summed E-state index contributed by atoms with van der Waals surface area (Å²) in [6.45, 7) is 7.40. The second-order valence-corrected chi connectivity index (χ2v) is 6.97. The first-order valence-electron chi connectivity index (χ1n) is 7.51. The molecule has 2 N–H and O–H groups in total. The molecule has 2 heterocycles. The fourth-order valence-corrected chi connectivity index (χ4v) is 3.14. The van der Waals surface area contributed by atoms with E-state index in [-0.39, 0.29) is 11.3 Å². The van der Waals surface area contributed by atoms with Crippen molar-refractivity contribution in [2.24, 2.45) is 11.3 Å². The average molecular weight is 252 g/mol. The van der Waals surface area contributed by atoms with Gasteiger partial charge >= 0.3 is 0 Å². The molecule has 104 valence electrons. The predicted octanol–water partition coefficient (Wildman–Crippen LogP) is 2.46. The average Bonchev–Trinajstić information content (AvgIpc) is 2.66. The Labute approximate surface area is 111 Å². The number of nitrogens with one attached hydrogen (secondary N) is 2. The number of rotatable bonds is 5. The number of carbonyl (C=O) groups excluding carboxylic acids is 1. The maximum Gasteiger partial charge on any atom is 0.220 e. The van der Waals surface area contributed by atoms with Crippen molar-refractivity contribution in [3.63, 3.8) is 0 Å². The molecule has 2 aliphatic heterocycles. The first-order chi connectivity index (χ1) is 8.48.